The molecule has 0 radical (unpaired) electrons. The van der Waals surface area contributed by atoms with Crippen LogP contribution in [0, 0.1) is 13.8 Å². The van der Waals surface area contributed by atoms with E-state index in [0.29, 0.717) is 33.6 Å². The van der Waals surface area contributed by atoms with Gasteiger partial charge in [-0.05, 0) is 55.3 Å². The average Bonchev–Trinajstić information content (AvgIpc) is 2.49. The van der Waals surface area contributed by atoms with Crippen LogP contribution in [0.2, 0.25) is 0 Å². The molecule has 2 aromatic carbocycles. The number of primary amides is 1. The van der Waals surface area contributed by atoms with Crippen molar-refractivity contribution in [2.45, 2.75) is 13.8 Å². The summed E-state index contributed by atoms with van der Waals surface area (Å²) in [4.78, 5) is 23.8. The van der Waals surface area contributed by atoms with Gasteiger partial charge in [0.2, 0.25) is 15.9 Å². The summed E-state index contributed by atoms with van der Waals surface area (Å²) >= 11 is 0. The fourth-order valence-electron chi connectivity index (χ4n) is 2.35. The third-order valence-electron chi connectivity index (χ3n) is 3.63. The van der Waals surface area contributed by atoms with Crippen molar-refractivity contribution >= 4 is 33.2 Å². The van der Waals surface area contributed by atoms with Crippen LogP contribution in [0.5, 0.6) is 0 Å². The molecule has 2 aromatic rings. The van der Waals surface area contributed by atoms with E-state index in [1.54, 1.807) is 38.1 Å². The Hall–Kier alpha value is -2.87. The molecule has 0 saturated carbocycles. The van der Waals surface area contributed by atoms with Crippen LogP contribution in [0.4, 0.5) is 11.4 Å². The molecule has 8 heteroatoms. The van der Waals surface area contributed by atoms with Crippen LogP contribution < -0.4 is 15.8 Å². The van der Waals surface area contributed by atoms with E-state index in [1.165, 1.54) is 12.1 Å². The minimum absolute atomic E-state index is 0.335. The molecule has 0 spiro atoms. The van der Waals surface area contributed by atoms with Crippen molar-refractivity contribution < 1.29 is 18.0 Å². The maximum atomic E-state index is 12.4. The molecule has 4 N–H and O–H groups in total. The molecule has 0 aliphatic heterocycles. The molecule has 25 heavy (non-hydrogen) atoms. The van der Waals surface area contributed by atoms with Crippen molar-refractivity contribution in [1.29, 1.82) is 0 Å². The molecule has 0 aliphatic carbocycles. The van der Waals surface area contributed by atoms with Gasteiger partial charge in [0.1, 0.15) is 0 Å². The first-order valence-electron chi connectivity index (χ1n) is 7.37. The van der Waals surface area contributed by atoms with E-state index in [4.69, 9.17) is 5.73 Å². The lowest BCUT2D eigenvalue weighted by Crippen LogP contribution is -2.17. The number of rotatable bonds is 5. The van der Waals surface area contributed by atoms with E-state index in [1.807, 2.05) is 0 Å². The summed E-state index contributed by atoms with van der Waals surface area (Å²) in [7, 11) is -3.39. The van der Waals surface area contributed by atoms with Gasteiger partial charge in [-0.2, -0.15) is 0 Å². The molecule has 0 bridgehead atoms. The van der Waals surface area contributed by atoms with Crippen LogP contribution in [0.1, 0.15) is 31.8 Å². The highest BCUT2D eigenvalue weighted by atomic mass is 32.2. The third-order valence-corrected chi connectivity index (χ3v) is 4.22. The summed E-state index contributed by atoms with van der Waals surface area (Å²) in [5, 5.41) is 2.73. The zero-order valence-corrected chi connectivity index (χ0v) is 14.9. The van der Waals surface area contributed by atoms with Crippen LogP contribution >= 0.6 is 0 Å². The van der Waals surface area contributed by atoms with Crippen LogP contribution in [0.25, 0.3) is 0 Å². The number of hydrogen-bond donors (Lipinski definition) is 3. The summed E-state index contributed by atoms with van der Waals surface area (Å²) in [5.74, 6) is -0.945. The Balaban J connectivity index is 2.26. The minimum atomic E-state index is -3.39. The quantitative estimate of drug-likeness (QED) is 0.755. The van der Waals surface area contributed by atoms with Crippen molar-refractivity contribution in [2.24, 2.45) is 5.73 Å². The second-order valence-corrected chi connectivity index (χ2v) is 7.45. The van der Waals surface area contributed by atoms with Crippen molar-refractivity contribution in [2.75, 3.05) is 16.3 Å². The fraction of sp³-hybridized carbons (Fsp3) is 0.176. The molecule has 0 heterocycles. The smallest absolute Gasteiger partial charge is 0.255 e. The summed E-state index contributed by atoms with van der Waals surface area (Å²) in [5.41, 5.74) is 8.08. The van der Waals surface area contributed by atoms with Crippen LogP contribution in [0.15, 0.2) is 36.4 Å². The Morgan fingerprint density at radius 1 is 1.04 bits per heavy atom. The van der Waals surface area contributed by atoms with Crippen LogP contribution in [-0.4, -0.2) is 26.5 Å². The van der Waals surface area contributed by atoms with E-state index in [0.717, 1.165) is 6.26 Å². The molecule has 0 aliphatic rings. The molecule has 0 saturated heterocycles. The highest BCUT2D eigenvalue weighted by Gasteiger charge is 2.13. The molecular weight excluding hydrogens is 342 g/mol. The molecule has 2 rings (SSSR count). The van der Waals surface area contributed by atoms with Gasteiger partial charge in [0, 0.05) is 16.8 Å². The Morgan fingerprint density at radius 3 is 2.28 bits per heavy atom. The molecule has 0 unspecified atom stereocenters. The first-order chi connectivity index (χ1) is 11.6. The predicted octanol–water partition coefficient (Wildman–Crippen LogP) is 2.03. The number of amides is 2. The summed E-state index contributed by atoms with van der Waals surface area (Å²) in [6, 6.07) is 9.51. The number of aryl methyl sites for hydroxylation is 1. The number of anilines is 2. The van der Waals surface area contributed by atoms with Gasteiger partial charge >= 0.3 is 0 Å². The van der Waals surface area contributed by atoms with Crippen molar-refractivity contribution in [3.05, 3.63) is 58.7 Å². The van der Waals surface area contributed by atoms with Gasteiger partial charge in [-0.25, -0.2) is 8.42 Å². The monoisotopic (exact) mass is 361 g/mol. The zero-order valence-electron chi connectivity index (χ0n) is 14.1. The summed E-state index contributed by atoms with van der Waals surface area (Å²) < 4.78 is 25.0. The lowest BCUT2D eigenvalue weighted by molar-refractivity contribution is 0.0995. The summed E-state index contributed by atoms with van der Waals surface area (Å²) in [6.45, 7) is 3.39. The average molecular weight is 361 g/mol. The van der Waals surface area contributed by atoms with E-state index in [-0.39, 0.29) is 5.91 Å². The molecular formula is C17H19N3O4S. The Bertz CT molecular complexity index is 952. The second-order valence-electron chi connectivity index (χ2n) is 5.70. The lowest BCUT2D eigenvalue weighted by Gasteiger charge is -2.12. The number of carbonyl (C=O) groups is 2. The van der Waals surface area contributed by atoms with Crippen molar-refractivity contribution in [3.63, 3.8) is 0 Å². The molecule has 0 aromatic heterocycles. The predicted molar refractivity (Wildman–Crippen MR) is 97.3 cm³/mol. The number of nitrogens with two attached hydrogens (primary N) is 1. The zero-order chi connectivity index (χ0) is 18.8. The minimum Gasteiger partial charge on any atom is -0.366 e. The fourth-order valence-corrected chi connectivity index (χ4v) is 2.98. The highest BCUT2D eigenvalue weighted by molar-refractivity contribution is 7.92. The van der Waals surface area contributed by atoms with E-state index in [2.05, 4.69) is 10.0 Å². The number of nitrogens with one attached hydrogen (secondary N) is 2. The van der Waals surface area contributed by atoms with Gasteiger partial charge in [-0.1, -0.05) is 6.07 Å². The van der Waals surface area contributed by atoms with Gasteiger partial charge in [0.25, 0.3) is 5.91 Å². The lowest BCUT2D eigenvalue weighted by atomic mass is 10.1. The van der Waals surface area contributed by atoms with E-state index in [9.17, 15) is 18.0 Å². The van der Waals surface area contributed by atoms with Gasteiger partial charge in [0.15, 0.2) is 0 Å². The number of benzene rings is 2. The van der Waals surface area contributed by atoms with Crippen LogP contribution in [0.3, 0.4) is 0 Å². The van der Waals surface area contributed by atoms with Crippen LogP contribution in [-0.2, 0) is 10.0 Å². The largest absolute Gasteiger partial charge is 0.366 e. The summed E-state index contributed by atoms with van der Waals surface area (Å²) in [6.07, 6.45) is 1.06. The van der Waals surface area contributed by atoms with Crippen molar-refractivity contribution in [1.82, 2.24) is 0 Å². The number of carbonyl (C=O) groups excluding carboxylic acids is 2. The topological polar surface area (TPSA) is 118 Å². The standard InChI is InChI=1S/C17H19N3O4S/c1-10-9-12(7-8-14(10)20-25(3,23)24)17(22)19-15-6-4-5-13(11(15)2)16(18)21/h4-9,20H,1-3H3,(H2,18,21)(H,19,22). The molecule has 0 atom stereocenters. The molecule has 0 fully saturated rings. The molecule has 7 nitrogen and oxygen atoms in total. The normalized spacial score (nSPS) is 11.0. The SMILES string of the molecule is Cc1cc(C(=O)Nc2cccc(C(N)=O)c2C)ccc1NS(C)(=O)=O. The second kappa shape index (κ2) is 6.94. The van der Waals surface area contributed by atoms with Gasteiger partial charge in [-0.3, -0.25) is 14.3 Å². The first-order valence-corrected chi connectivity index (χ1v) is 9.27. The van der Waals surface area contributed by atoms with Crippen molar-refractivity contribution in [3.8, 4) is 0 Å². The van der Waals surface area contributed by atoms with Gasteiger partial charge in [0.05, 0.1) is 11.9 Å². The maximum Gasteiger partial charge on any atom is 0.255 e. The first kappa shape index (κ1) is 18.5. The van der Waals surface area contributed by atoms with E-state index >= 15 is 0 Å². The third kappa shape index (κ3) is 4.57. The Morgan fingerprint density at radius 2 is 1.72 bits per heavy atom. The molecule has 2 amide bonds. The number of hydrogen-bond acceptors (Lipinski definition) is 4. The Labute approximate surface area is 146 Å². The van der Waals surface area contributed by atoms with E-state index < -0.39 is 15.9 Å². The number of sulfonamides is 1. The Kier molecular flexibility index (Phi) is 5.13. The highest BCUT2D eigenvalue weighted by Crippen LogP contribution is 2.21. The van der Waals surface area contributed by atoms with Gasteiger partial charge < -0.3 is 11.1 Å². The van der Waals surface area contributed by atoms with Gasteiger partial charge in [-0.15, -0.1) is 0 Å². The molecule has 132 valence electrons. The maximum absolute atomic E-state index is 12.4.